The van der Waals surface area contributed by atoms with Crippen molar-refractivity contribution in [1.29, 1.82) is 0 Å². The molecular weight excluding hydrogens is 530 g/mol. The second-order valence-electron chi connectivity index (χ2n) is 9.13. The highest BCUT2D eigenvalue weighted by Gasteiger charge is 2.26. The number of thiophene rings is 1. The van der Waals surface area contributed by atoms with Crippen molar-refractivity contribution in [2.24, 2.45) is 5.73 Å². The van der Waals surface area contributed by atoms with E-state index < -0.39 is 17.8 Å². The fourth-order valence-corrected chi connectivity index (χ4v) is 5.40. The average molecular weight is 558 g/mol. The lowest BCUT2D eigenvalue weighted by molar-refractivity contribution is 0.0691. The molecule has 4 aromatic rings. The van der Waals surface area contributed by atoms with E-state index in [1.807, 2.05) is 18.4 Å². The number of carboxylic acid groups (broad SMARTS) is 1. The predicted molar refractivity (Wildman–Crippen MR) is 152 cm³/mol. The summed E-state index contributed by atoms with van der Waals surface area (Å²) in [4.78, 5) is 48.0. The molecule has 0 fully saturated rings. The summed E-state index contributed by atoms with van der Waals surface area (Å²) in [6, 6.07) is 11.8. The minimum Gasteiger partial charge on any atom is -0.493 e. The number of ether oxygens (including phenoxy) is 1. The summed E-state index contributed by atoms with van der Waals surface area (Å²) in [7, 11) is 0. The molecule has 204 valence electrons. The Balaban J connectivity index is 1.65. The van der Waals surface area contributed by atoms with Crippen molar-refractivity contribution in [2.75, 3.05) is 18.5 Å². The molecule has 0 bridgehead atoms. The SMILES string of the molecule is CCCNC(=O)c1ccc(-c2cc3c(cc2C(=O)Nc2ccc(CN)cn2)-c2sccc2CCO3)c(C(=O)O)n1. The lowest BCUT2D eigenvalue weighted by Gasteiger charge is -2.17. The van der Waals surface area contributed by atoms with Crippen molar-refractivity contribution in [2.45, 2.75) is 26.3 Å². The molecule has 0 unspecified atom stereocenters. The number of nitrogens with one attached hydrogen (secondary N) is 2. The van der Waals surface area contributed by atoms with Crippen molar-refractivity contribution in [3.05, 3.63) is 82.1 Å². The molecule has 0 aliphatic carbocycles. The Morgan fingerprint density at radius 2 is 1.93 bits per heavy atom. The van der Waals surface area contributed by atoms with Crippen LogP contribution >= 0.6 is 11.3 Å². The first-order valence-corrected chi connectivity index (χ1v) is 13.6. The first kappa shape index (κ1) is 27.0. The standard InChI is InChI=1S/C29H27N5O5S/c1-2-9-31-28(36)22-5-4-18(25(33-22)29(37)38)19-13-23-21(26-17(7-10-39-23)8-11-40-26)12-20(19)27(35)34-24-6-3-16(14-30)15-32-24/h3-6,8,11-13,15H,2,7,9-10,14,30H2,1H3,(H,31,36)(H,37,38)(H,32,34,35). The Morgan fingerprint density at radius 3 is 2.65 bits per heavy atom. The van der Waals surface area contributed by atoms with E-state index in [0.717, 1.165) is 28.0 Å². The number of rotatable bonds is 8. The summed E-state index contributed by atoms with van der Waals surface area (Å²) in [6.07, 6.45) is 3.00. The van der Waals surface area contributed by atoms with Gasteiger partial charge in [-0.3, -0.25) is 9.59 Å². The van der Waals surface area contributed by atoms with Crippen LogP contribution in [0.4, 0.5) is 5.82 Å². The molecule has 11 heteroatoms. The highest BCUT2D eigenvalue weighted by atomic mass is 32.1. The van der Waals surface area contributed by atoms with Crippen LogP contribution in [0, 0.1) is 0 Å². The largest absolute Gasteiger partial charge is 0.493 e. The number of nitrogens with two attached hydrogens (primary N) is 1. The van der Waals surface area contributed by atoms with Gasteiger partial charge in [-0.1, -0.05) is 13.0 Å². The number of benzene rings is 1. The first-order valence-electron chi connectivity index (χ1n) is 12.8. The van der Waals surface area contributed by atoms with Crippen LogP contribution in [0.15, 0.2) is 54.0 Å². The molecule has 1 aromatic carbocycles. The Labute approximate surface area is 234 Å². The Bertz CT molecular complexity index is 1600. The van der Waals surface area contributed by atoms with E-state index in [1.54, 1.807) is 41.8 Å². The number of carbonyl (C=O) groups is 3. The normalized spacial score (nSPS) is 11.9. The third-order valence-electron chi connectivity index (χ3n) is 6.44. The van der Waals surface area contributed by atoms with Gasteiger partial charge in [-0.25, -0.2) is 14.8 Å². The van der Waals surface area contributed by atoms with Gasteiger partial charge in [0.2, 0.25) is 0 Å². The number of carboxylic acids is 1. The van der Waals surface area contributed by atoms with Crippen LogP contribution in [-0.2, 0) is 13.0 Å². The summed E-state index contributed by atoms with van der Waals surface area (Å²) >= 11 is 1.54. The summed E-state index contributed by atoms with van der Waals surface area (Å²) in [5.41, 5.74) is 8.63. The molecule has 4 heterocycles. The van der Waals surface area contributed by atoms with E-state index in [4.69, 9.17) is 10.5 Å². The second-order valence-corrected chi connectivity index (χ2v) is 10.0. The summed E-state index contributed by atoms with van der Waals surface area (Å²) in [5, 5.41) is 17.6. The van der Waals surface area contributed by atoms with Crippen molar-refractivity contribution in [3.63, 3.8) is 0 Å². The van der Waals surface area contributed by atoms with Crippen LogP contribution < -0.4 is 21.1 Å². The van der Waals surface area contributed by atoms with Crippen LogP contribution in [0.25, 0.3) is 21.6 Å². The van der Waals surface area contributed by atoms with Gasteiger partial charge in [-0.15, -0.1) is 11.3 Å². The number of anilines is 1. The molecule has 0 saturated heterocycles. The molecule has 1 aliphatic rings. The molecule has 5 rings (SSSR count). The molecular formula is C29H27N5O5S. The van der Waals surface area contributed by atoms with Crippen LogP contribution in [-0.4, -0.2) is 46.0 Å². The smallest absolute Gasteiger partial charge is 0.355 e. The average Bonchev–Trinajstić information content (AvgIpc) is 3.37. The zero-order valence-electron chi connectivity index (χ0n) is 21.7. The lowest BCUT2D eigenvalue weighted by Crippen LogP contribution is -2.25. The van der Waals surface area contributed by atoms with Crippen molar-refractivity contribution in [1.82, 2.24) is 15.3 Å². The lowest BCUT2D eigenvalue weighted by atomic mass is 9.93. The molecule has 0 spiro atoms. The summed E-state index contributed by atoms with van der Waals surface area (Å²) < 4.78 is 6.06. The fourth-order valence-electron chi connectivity index (χ4n) is 4.43. The van der Waals surface area contributed by atoms with Gasteiger partial charge < -0.3 is 26.2 Å². The number of pyridine rings is 2. The van der Waals surface area contributed by atoms with Crippen molar-refractivity contribution in [3.8, 4) is 27.3 Å². The molecule has 2 amide bonds. The van der Waals surface area contributed by atoms with E-state index in [0.29, 0.717) is 43.2 Å². The van der Waals surface area contributed by atoms with Gasteiger partial charge in [-0.2, -0.15) is 0 Å². The summed E-state index contributed by atoms with van der Waals surface area (Å²) in [6.45, 7) is 3.09. The number of carbonyl (C=O) groups excluding carboxylic acids is 2. The van der Waals surface area contributed by atoms with Gasteiger partial charge in [0, 0.05) is 52.8 Å². The van der Waals surface area contributed by atoms with Gasteiger partial charge in [0.05, 0.1) is 6.61 Å². The molecule has 40 heavy (non-hydrogen) atoms. The highest BCUT2D eigenvalue weighted by molar-refractivity contribution is 7.13. The van der Waals surface area contributed by atoms with Crippen LogP contribution in [0.1, 0.15) is 55.8 Å². The number of fused-ring (bicyclic) bond motifs is 3. The third-order valence-corrected chi connectivity index (χ3v) is 7.43. The highest BCUT2D eigenvalue weighted by Crippen LogP contribution is 2.43. The molecule has 0 radical (unpaired) electrons. The number of nitrogens with zero attached hydrogens (tertiary/aromatic N) is 2. The molecule has 3 aromatic heterocycles. The van der Waals surface area contributed by atoms with Crippen LogP contribution in [0.2, 0.25) is 0 Å². The van der Waals surface area contributed by atoms with E-state index in [1.165, 1.54) is 12.1 Å². The summed E-state index contributed by atoms with van der Waals surface area (Å²) in [5.74, 6) is -1.46. The quantitative estimate of drug-likeness (QED) is 0.249. The van der Waals surface area contributed by atoms with Gasteiger partial charge in [0.15, 0.2) is 5.69 Å². The van der Waals surface area contributed by atoms with Crippen molar-refractivity contribution >= 4 is 34.9 Å². The predicted octanol–water partition coefficient (Wildman–Crippen LogP) is 4.36. The zero-order chi connectivity index (χ0) is 28.2. The van der Waals surface area contributed by atoms with Crippen LogP contribution in [0.3, 0.4) is 0 Å². The molecule has 10 nitrogen and oxygen atoms in total. The Kier molecular flexibility index (Phi) is 7.85. The topological polar surface area (TPSA) is 157 Å². The maximum atomic E-state index is 13.7. The van der Waals surface area contributed by atoms with E-state index in [2.05, 4.69) is 20.6 Å². The number of aromatic nitrogens is 2. The number of amides is 2. The maximum Gasteiger partial charge on any atom is 0.355 e. The van der Waals surface area contributed by atoms with Crippen LogP contribution in [0.5, 0.6) is 5.75 Å². The van der Waals surface area contributed by atoms with Gasteiger partial charge in [0.1, 0.15) is 17.3 Å². The Hall–Kier alpha value is -4.61. The number of hydrogen-bond donors (Lipinski definition) is 4. The minimum atomic E-state index is -1.33. The molecule has 0 saturated carbocycles. The third kappa shape index (κ3) is 5.42. The van der Waals surface area contributed by atoms with Gasteiger partial charge >= 0.3 is 5.97 Å². The van der Waals surface area contributed by atoms with Gasteiger partial charge in [0.25, 0.3) is 11.8 Å². The Morgan fingerprint density at radius 1 is 1.07 bits per heavy atom. The number of hydrogen-bond acceptors (Lipinski definition) is 8. The van der Waals surface area contributed by atoms with E-state index in [-0.39, 0.29) is 22.5 Å². The second kappa shape index (κ2) is 11.6. The first-order chi connectivity index (χ1) is 19.4. The van der Waals surface area contributed by atoms with Gasteiger partial charge in [-0.05, 0) is 59.3 Å². The minimum absolute atomic E-state index is 0.0287. The molecule has 1 aliphatic heterocycles. The maximum absolute atomic E-state index is 13.7. The monoisotopic (exact) mass is 557 g/mol. The zero-order valence-corrected chi connectivity index (χ0v) is 22.5. The van der Waals surface area contributed by atoms with Crippen molar-refractivity contribution < 1.29 is 24.2 Å². The number of aromatic carboxylic acids is 1. The van der Waals surface area contributed by atoms with E-state index >= 15 is 0 Å². The van der Waals surface area contributed by atoms with E-state index in [9.17, 15) is 19.5 Å². The fraction of sp³-hybridized carbons (Fsp3) is 0.207. The molecule has 5 N–H and O–H groups in total. The molecule has 0 atom stereocenters.